The topological polar surface area (TPSA) is 66.5 Å². The second kappa shape index (κ2) is 6.56. The normalized spacial score (nSPS) is 11.2. The number of benzene rings is 1. The molecule has 2 aromatic rings. The third kappa shape index (κ3) is 3.71. The molecule has 1 aromatic heterocycles. The SMILES string of the molecule is CN(C)c1ncccc1NC(N)=NCc1ccccc1. The first-order chi connectivity index (χ1) is 9.66. The average molecular weight is 269 g/mol. The van der Waals surface area contributed by atoms with Crippen LogP contribution in [0.25, 0.3) is 0 Å². The summed E-state index contributed by atoms with van der Waals surface area (Å²) in [6.07, 6.45) is 1.75. The van der Waals surface area contributed by atoms with Crippen molar-refractivity contribution in [1.82, 2.24) is 4.98 Å². The molecule has 0 saturated carbocycles. The molecular formula is C15H19N5. The molecule has 5 heteroatoms. The van der Waals surface area contributed by atoms with Crippen molar-refractivity contribution in [3.05, 3.63) is 54.2 Å². The lowest BCUT2D eigenvalue weighted by molar-refractivity contribution is 1.05. The summed E-state index contributed by atoms with van der Waals surface area (Å²) >= 11 is 0. The zero-order chi connectivity index (χ0) is 14.4. The van der Waals surface area contributed by atoms with E-state index in [9.17, 15) is 0 Å². The van der Waals surface area contributed by atoms with Crippen molar-refractivity contribution in [3.63, 3.8) is 0 Å². The van der Waals surface area contributed by atoms with Gasteiger partial charge in [0.15, 0.2) is 11.8 Å². The summed E-state index contributed by atoms with van der Waals surface area (Å²) in [6, 6.07) is 13.8. The van der Waals surface area contributed by atoms with Gasteiger partial charge in [0.2, 0.25) is 0 Å². The summed E-state index contributed by atoms with van der Waals surface area (Å²) in [5.74, 6) is 1.20. The van der Waals surface area contributed by atoms with Gasteiger partial charge in [0.1, 0.15) is 0 Å². The molecule has 5 nitrogen and oxygen atoms in total. The van der Waals surface area contributed by atoms with E-state index in [-0.39, 0.29) is 0 Å². The number of anilines is 2. The van der Waals surface area contributed by atoms with Gasteiger partial charge >= 0.3 is 0 Å². The molecule has 20 heavy (non-hydrogen) atoms. The van der Waals surface area contributed by atoms with Crippen molar-refractivity contribution in [2.24, 2.45) is 10.7 Å². The number of hydrogen-bond acceptors (Lipinski definition) is 3. The number of pyridine rings is 1. The maximum Gasteiger partial charge on any atom is 0.193 e. The Morgan fingerprint density at radius 3 is 2.65 bits per heavy atom. The molecule has 0 aliphatic heterocycles. The molecule has 0 saturated heterocycles. The van der Waals surface area contributed by atoms with Gasteiger partial charge in [-0.25, -0.2) is 9.98 Å². The monoisotopic (exact) mass is 269 g/mol. The molecule has 0 radical (unpaired) electrons. The lowest BCUT2D eigenvalue weighted by atomic mass is 10.2. The van der Waals surface area contributed by atoms with Crippen LogP contribution in [0.15, 0.2) is 53.7 Å². The number of hydrogen-bond donors (Lipinski definition) is 2. The first-order valence-electron chi connectivity index (χ1n) is 6.40. The standard InChI is InChI=1S/C15H19N5/c1-20(2)14-13(9-6-10-17-14)19-15(16)18-11-12-7-4-3-5-8-12/h3-10H,11H2,1-2H3,(H3,16,18,19). The lowest BCUT2D eigenvalue weighted by Crippen LogP contribution is -2.24. The number of nitrogens with two attached hydrogens (primary N) is 1. The second-order valence-corrected chi connectivity index (χ2v) is 4.58. The van der Waals surface area contributed by atoms with E-state index in [0.29, 0.717) is 12.5 Å². The molecule has 1 heterocycles. The van der Waals surface area contributed by atoms with E-state index in [0.717, 1.165) is 17.1 Å². The molecule has 0 fully saturated rings. The van der Waals surface area contributed by atoms with Crippen LogP contribution in [0.1, 0.15) is 5.56 Å². The van der Waals surface area contributed by atoms with Crippen LogP contribution in [-0.2, 0) is 6.54 Å². The van der Waals surface area contributed by atoms with Gasteiger partial charge in [0.05, 0.1) is 12.2 Å². The fourth-order valence-electron chi connectivity index (χ4n) is 1.79. The summed E-state index contributed by atoms with van der Waals surface area (Å²) < 4.78 is 0. The summed E-state index contributed by atoms with van der Waals surface area (Å²) in [5.41, 5.74) is 7.88. The van der Waals surface area contributed by atoms with E-state index in [1.165, 1.54) is 0 Å². The maximum atomic E-state index is 5.92. The van der Waals surface area contributed by atoms with Crippen molar-refractivity contribution < 1.29 is 0 Å². The number of aliphatic imine (C=N–C) groups is 1. The lowest BCUT2D eigenvalue weighted by Gasteiger charge is -2.16. The molecule has 2 rings (SSSR count). The zero-order valence-electron chi connectivity index (χ0n) is 11.7. The van der Waals surface area contributed by atoms with Gasteiger partial charge in [-0.05, 0) is 17.7 Å². The summed E-state index contributed by atoms with van der Waals surface area (Å²) in [7, 11) is 3.87. The highest BCUT2D eigenvalue weighted by atomic mass is 15.2. The highest BCUT2D eigenvalue weighted by Gasteiger charge is 2.05. The molecule has 0 atom stereocenters. The highest BCUT2D eigenvalue weighted by molar-refractivity contribution is 5.94. The van der Waals surface area contributed by atoms with Crippen molar-refractivity contribution in [2.45, 2.75) is 6.54 Å². The fourth-order valence-corrected chi connectivity index (χ4v) is 1.79. The minimum absolute atomic E-state index is 0.380. The van der Waals surface area contributed by atoms with E-state index in [1.54, 1.807) is 6.20 Å². The van der Waals surface area contributed by atoms with Crippen LogP contribution < -0.4 is 16.0 Å². The van der Waals surface area contributed by atoms with E-state index < -0.39 is 0 Å². The van der Waals surface area contributed by atoms with Crippen LogP contribution in [0.2, 0.25) is 0 Å². The number of nitrogens with zero attached hydrogens (tertiary/aromatic N) is 3. The van der Waals surface area contributed by atoms with E-state index >= 15 is 0 Å². The van der Waals surface area contributed by atoms with Gasteiger partial charge in [-0.15, -0.1) is 0 Å². The van der Waals surface area contributed by atoms with Crippen LogP contribution in [0.5, 0.6) is 0 Å². The second-order valence-electron chi connectivity index (χ2n) is 4.58. The Labute approximate surface area is 119 Å². The molecule has 0 bridgehead atoms. The van der Waals surface area contributed by atoms with Gasteiger partial charge < -0.3 is 16.0 Å². The van der Waals surface area contributed by atoms with Crippen LogP contribution >= 0.6 is 0 Å². The Hall–Kier alpha value is -2.56. The zero-order valence-corrected chi connectivity index (χ0v) is 11.7. The number of guanidine groups is 1. The molecule has 0 aliphatic carbocycles. The van der Waals surface area contributed by atoms with Crippen molar-refractivity contribution in [2.75, 3.05) is 24.3 Å². The molecule has 0 aliphatic rings. The average Bonchev–Trinajstić information content (AvgIpc) is 2.46. The van der Waals surface area contributed by atoms with Crippen LogP contribution in [0.4, 0.5) is 11.5 Å². The molecular weight excluding hydrogens is 250 g/mol. The molecule has 1 aromatic carbocycles. The van der Waals surface area contributed by atoms with Crippen LogP contribution in [-0.4, -0.2) is 25.0 Å². The van der Waals surface area contributed by atoms with Crippen LogP contribution in [0.3, 0.4) is 0 Å². The molecule has 0 amide bonds. The maximum absolute atomic E-state index is 5.92. The predicted molar refractivity (Wildman–Crippen MR) is 84.0 cm³/mol. The number of rotatable bonds is 4. The van der Waals surface area contributed by atoms with Crippen molar-refractivity contribution >= 4 is 17.5 Å². The molecule has 0 spiro atoms. The third-order valence-electron chi connectivity index (χ3n) is 2.75. The predicted octanol–water partition coefficient (Wildman–Crippen LogP) is 2.07. The minimum Gasteiger partial charge on any atom is -0.370 e. The van der Waals surface area contributed by atoms with Gasteiger partial charge in [-0.2, -0.15) is 0 Å². The number of aromatic nitrogens is 1. The quantitative estimate of drug-likeness (QED) is 0.658. The number of nitrogens with one attached hydrogen (secondary N) is 1. The molecule has 3 N–H and O–H groups in total. The summed E-state index contributed by atoms with van der Waals surface area (Å²) in [6.45, 7) is 0.553. The largest absolute Gasteiger partial charge is 0.370 e. The van der Waals surface area contributed by atoms with E-state index in [2.05, 4.69) is 15.3 Å². The molecule has 0 unspecified atom stereocenters. The van der Waals surface area contributed by atoms with Gasteiger partial charge in [-0.1, -0.05) is 30.3 Å². The fraction of sp³-hybridized carbons (Fsp3) is 0.200. The minimum atomic E-state index is 0.380. The smallest absolute Gasteiger partial charge is 0.193 e. The third-order valence-corrected chi connectivity index (χ3v) is 2.75. The van der Waals surface area contributed by atoms with Gasteiger partial charge in [0.25, 0.3) is 0 Å². The van der Waals surface area contributed by atoms with Crippen molar-refractivity contribution in [3.8, 4) is 0 Å². The first-order valence-corrected chi connectivity index (χ1v) is 6.40. The van der Waals surface area contributed by atoms with E-state index in [4.69, 9.17) is 5.73 Å². The highest BCUT2D eigenvalue weighted by Crippen LogP contribution is 2.19. The Balaban J connectivity index is 2.06. The Bertz CT molecular complexity index is 578. The Morgan fingerprint density at radius 2 is 1.95 bits per heavy atom. The molecule has 104 valence electrons. The summed E-state index contributed by atoms with van der Waals surface area (Å²) in [5, 5.41) is 3.09. The van der Waals surface area contributed by atoms with Crippen LogP contribution in [0, 0.1) is 0 Å². The first kappa shape index (κ1) is 13.9. The van der Waals surface area contributed by atoms with E-state index in [1.807, 2.05) is 61.5 Å². The van der Waals surface area contributed by atoms with Gasteiger partial charge in [-0.3, -0.25) is 0 Å². The Morgan fingerprint density at radius 1 is 1.20 bits per heavy atom. The Kier molecular flexibility index (Phi) is 4.55. The van der Waals surface area contributed by atoms with Crippen molar-refractivity contribution in [1.29, 1.82) is 0 Å². The summed E-state index contributed by atoms with van der Waals surface area (Å²) in [4.78, 5) is 10.6. The van der Waals surface area contributed by atoms with Gasteiger partial charge in [0, 0.05) is 20.3 Å².